The molecular weight excluding hydrogens is 440 g/mol. The van der Waals surface area contributed by atoms with Crippen molar-refractivity contribution in [2.75, 3.05) is 18.4 Å². The second kappa shape index (κ2) is 10.9. The molecule has 32 heavy (non-hydrogen) atoms. The molecule has 1 saturated heterocycles. The van der Waals surface area contributed by atoms with Gasteiger partial charge in [-0.3, -0.25) is 18.9 Å². The number of carbonyl (C=O) groups is 1. The van der Waals surface area contributed by atoms with Crippen molar-refractivity contribution in [1.29, 1.82) is 0 Å². The monoisotopic (exact) mass is 470 g/mol. The third-order valence-electron chi connectivity index (χ3n) is 5.55. The first-order chi connectivity index (χ1) is 15.4. The molecule has 2 aromatic rings. The second-order valence-corrected chi connectivity index (χ2v) is 9.67. The molecule has 1 aliphatic heterocycles. The number of anilines is 1. The third kappa shape index (κ3) is 5.30. The van der Waals surface area contributed by atoms with Crippen LogP contribution in [0, 0.1) is 12.8 Å². The van der Waals surface area contributed by atoms with Crippen LogP contribution >= 0.6 is 24.0 Å². The Kier molecular flexibility index (Phi) is 8.26. The predicted octanol–water partition coefficient (Wildman–Crippen LogP) is 5.02. The van der Waals surface area contributed by atoms with Crippen LogP contribution in [0.4, 0.5) is 5.82 Å². The van der Waals surface area contributed by atoms with E-state index in [4.69, 9.17) is 12.2 Å². The summed E-state index contributed by atoms with van der Waals surface area (Å²) in [5, 5.41) is 3.13. The summed E-state index contributed by atoms with van der Waals surface area (Å²) in [5.41, 5.74) is 1.60. The molecule has 1 fully saturated rings. The normalized spacial score (nSPS) is 16.2. The highest BCUT2D eigenvalue weighted by atomic mass is 32.2. The number of nitrogens with one attached hydrogen (secondary N) is 1. The number of fused-ring (bicyclic) bond motifs is 1. The van der Waals surface area contributed by atoms with Gasteiger partial charge in [0.1, 0.15) is 15.8 Å². The van der Waals surface area contributed by atoms with Gasteiger partial charge < -0.3 is 5.32 Å². The second-order valence-electron chi connectivity index (χ2n) is 7.99. The Morgan fingerprint density at radius 1 is 1.31 bits per heavy atom. The number of amides is 1. The van der Waals surface area contributed by atoms with Gasteiger partial charge in [-0.1, -0.05) is 69.2 Å². The van der Waals surface area contributed by atoms with Gasteiger partial charge >= 0.3 is 0 Å². The number of pyridine rings is 1. The van der Waals surface area contributed by atoms with E-state index in [0.29, 0.717) is 45.3 Å². The zero-order valence-corrected chi connectivity index (χ0v) is 20.5. The van der Waals surface area contributed by atoms with Crippen LogP contribution in [0.25, 0.3) is 11.7 Å². The standard InChI is InChI=1S/C24H30N4O2S2/c1-5-8-9-17(7-3)15-28-23(30)19(32-24(28)31)13-18-21(25-12-6-2)26-20-11-10-16(4)14-27(20)22(18)29/h6,10-11,13-14,17,25H,2,5,7-9,12,15H2,1,3-4H3. The van der Waals surface area contributed by atoms with Crippen molar-refractivity contribution in [2.24, 2.45) is 5.92 Å². The van der Waals surface area contributed by atoms with Crippen LogP contribution in [0.15, 0.2) is 40.7 Å². The van der Waals surface area contributed by atoms with Gasteiger partial charge in [0.15, 0.2) is 0 Å². The van der Waals surface area contributed by atoms with Crippen LogP contribution in [-0.4, -0.2) is 37.6 Å². The zero-order valence-electron chi connectivity index (χ0n) is 18.9. The van der Waals surface area contributed by atoms with E-state index >= 15 is 0 Å². The van der Waals surface area contributed by atoms with Crippen molar-refractivity contribution in [3.8, 4) is 0 Å². The summed E-state index contributed by atoms with van der Waals surface area (Å²) in [7, 11) is 0. The molecule has 0 aromatic carbocycles. The van der Waals surface area contributed by atoms with E-state index in [0.717, 1.165) is 31.2 Å². The van der Waals surface area contributed by atoms with Crippen LogP contribution in [0.3, 0.4) is 0 Å². The highest BCUT2D eigenvalue weighted by Gasteiger charge is 2.33. The molecule has 8 heteroatoms. The van der Waals surface area contributed by atoms with Crippen molar-refractivity contribution in [2.45, 2.75) is 46.5 Å². The minimum atomic E-state index is -0.232. The summed E-state index contributed by atoms with van der Waals surface area (Å²) in [6.45, 7) is 11.0. The molecule has 3 heterocycles. The predicted molar refractivity (Wildman–Crippen MR) is 138 cm³/mol. The highest BCUT2D eigenvalue weighted by Crippen LogP contribution is 2.34. The van der Waals surface area contributed by atoms with Gasteiger partial charge in [-0.25, -0.2) is 4.98 Å². The smallest absolute Gasteiger partial charge is 0.267 e. The minimum absolute atomic E-state index is 0.140. The maximum atomic E-state index is 13.3. The minimum Gasteiger partial charge on any atom is -0.366 e. The van der Waals surface area contributed by atoms with Crippen LogP contribution in [0.1, 0.15) is 50.7 Å². The average molecular weight is 471 g/mol. The summed E-state index contributed by atoms with van der Waals surface area (Å²) in [6.07, 6.45) is 9.43. The number of thioether (sulfide) groups is 1. The van der Waals surface area contributed by atoms with Crippen LogP contribution in [0.2, 0.25) is 0 Å². The third-order valence-corrected chi connectivity index (χ3v) is 6.93. The van der Waals surface area contributed by atoms with Gasteiger partial charge in [-0.2, -0.15) is 0 Å². The lowest BCUT2D eigenvalue weighted by Gasteiger charge is -2.21. The van der Waals surface area contributed by atoms with Crippen molar-refractivity contribution in [1.82, 2.24) is 14.3 Å². The molecule has 3 rings (SSSR count). The maximum Gasteiger partial charge on any atom is 0.267 e. The summed E-state index contributed by atoms with van der Waals surface area (Å²) >= 11 is 6.77. The lowest BCUT2D eigenvalue weighted by atomic mass is 9.99. The number of nitrogens with zero attached hydrogens (tertiary/aromatic N) is 3. The van der Waals surface area contributed by atoms with Gasteiger partial charge in [-0.05, 0) is 37.0 Å². The quantitative estimate of drug-likeness (QED) is 0.299. The molecule has 1 atom stereocenters. The van der Waals surface area contributed by atoms with E-state index in [1.54, 1.807) is 29.3 Å². The molecular formula is C24H30N4O2S2. The van der Waals surface area contributed by atoms with Gasteiger partial charge in [0.25, 0.3) is 11.5 Å². The largest absolute Gasteiger partial charge is 0.366 e. The van der Waals surface area contributed by atoms with Gasteiger partial charge in [-0.15, -0.1) is 6.58 Å². The molecule has 1 aliphatic rings. The number of hydrogen-bond acceptors (Lipinski definition) is 6. The van der Waals surface area contributed by atoms with E-state index in [2.05, 4.69) is 30.7 Å². The Labute approximate surface area is 198 Å². The molecule has 1 amide bonds. The fraction of sp³-hybridized carbons (Fsp3) is 0.417. The number of aromatic nitrogens is 2. The van der Waals surface area contributed by atoms with Crippen molar-refractivity contribution >= 4 is 51.7 Å². The summed E-state index contributed by atoms with van der Waals surface area (Å²) in [6, 6.07) is 3.72. The number of carbonyl (C=O) groups excluding carboxylic acids is 1. The van der Waals surface area contributed by atoms with E-state index in [1.807, 2.05) is 13.0 Å². The van der Waals surface area contributed by atoms with Crippen molar-refractivity contribution in [3.63, 3.8) is 0 Å². The molecule has 0 saturated carbocycles. The number of unbranched alkanes of at least 4 members (excludes halogenated alkanes) is 1. The molecule has 2 aromatic heterocycles. The fourth-order valence-electron chi connectivity index (χ4n) is 3.66. The van der Waals surface area contributed by atoms with E-state index in [1.165, 1.54) is 16.2 Å². The van der Waals surface area contributed by atoms with Gasteiger partial charge in [0, 0.05) is 19.3 Å². The van der Waals surface area contributed by atoms with Gasteiger partial charge in [0.05, 0.1) is 10.5 Å². The average Bonchev–Trinajstić information content (AvgIpc) is 3.04. The number of thiocarbonyl (C=S) groups is 1. The van der Waals surface area contributed by atoms with Crippen molar-refractivity contribution < 1.29 is 4.79 Å². The maximum absolute atomic E-state index is 13.3. The molecule has 1 N–H and O–H groups in total. The van der Waals surface area contributed by atoms with E-state index < -0.39 is 0 Å². The molecule has 0 radical (unpaired) electrons. The summed E-state index contributed by atoms with van der Waals surface area (Å²) < 4.78 is 2.06. The molecule has 1 unspecified atom stereocenters. The summed E-state index contributed by atoms with van der Waals surface area (Å²) in [4.78, 5) is 33.2. The molecule has 0 bridgehead atoms. The first-order valence-corrected chi connectivity index (χ1v) is 12.2. The fourth-order valence-corrected chi connectivity index (χ4v) is 4.91. The van der Waals surface area contributed by atoms with Crippen LogP contribution in [-0.2, 0) is 4.79 Å². The van der Waals surface area contributed by atoms with Gasteiger partial charge in [0.2, 0.25) is 0 Å². The topological polar surface area (TPSA) is 66.7 Å². The highest BCUT2D eigenvalue weighted by molar-refractivity contribution is 8.26. The number of rotatable bonds is 10. The van der Waals surface area contributed by atoms with E-state index in [9.17, 15) is 9.59 Å². The molecule has 6 nitrogen and oxygen atoms in total. The zero-order chi connectivity index (χ0) is 23.3. The van der Waals surface area contributed by atoms with E-state index in [-0.39, 0.29) is 11.5 Å². The lowest BCUT2D eigenvalue weighted by Crippen LogP contribution is -2.33. The SMILES string of the molecule is C=CCNc1nc2ccc(C)cn2c(=O)c1C=C1SC(=S)N(CC(CC)CCCC)C1=O. The Morgan fingerprint density at radius 2 is 2.09 bits per heavy atom. The number of aryl methyl sites for hydroxylation is 1. The Bertz CT molecular complexity index is 1120. The first-order valence-electron chi connectivity index (χ1n) is 11.0. The molecule has 0 spiro atoms. The number of hydrogen-bond donors (Lipinski definition) is 1. The van der Waals surface area contributed by atoms with Crippen LogP contribution in [0.5, 0.6) is 0 Å². The Hall–Kier alpha value is -2.45. The Morgan fingerprint density at radius 3 is 2.78 bits per heavy atom. The molecule has 0 aliphatic carbocycles. The molecule has 170 valence electrons. The summed E-state index contributed by atoms with van der Waals surface area (Å²) in [5.74, 6) is 0.703. The van der Waals surface area contributed by atoms with Crippen LogP contribution < -0.4 is 10.9 Å². The Balaban J connectivity index is 1.99. The van der Waals surface area contributed by atoms with Crippen molar-refractivity contribution in [3.05, 3.63) is 57.4 Å². The lowest BCUT2D eigenvalue weighted by molar-refractivity contribution is -0.122. The first kappa shape index (κ1) is 24.2.